The Morgan fingerprint density at radius 1 is 1.11 bits per heavy atom. The first-order valence-electron chi connectivity index (χ1n) is 6.58. The van der Waals surface area contributed by atoms with Crippen LogP contribution in [0.2, 0.25) is 0 Å². The molecule has 3 heteroatoms. The average Bonchev–Trinajstić information content (AvgIpc) is 2.75. The first kappa shape index (κ1) is 12.0. The predicted molar refractivity (Wildman–Crippen MR) is 78.9 cm³/mol. The Kier molecular flexibility index (Phi) is 2.70. The fourth-order valence-corrected chi connectivity index (χ4v) is 2.69. The molecule has 0 aliphatic heterocycles. The molecule has 3 nitrogen and oxygen atoms in total. The molecule has 0 saturated heterocycles. The largest absolute Gasteiger partial charge is 0.496 e. The van der Waals surface area contributed by atoms with Crippen LogP contribution in [-0.4, -0.2) is 16.9 Å². The molecule has 0 bridgehead atoms. The van der Waals surface area contributed by atoms with Crippen molar-refractivity contribution in [2.24, 2.45) is 0 Å². The van der Waals surface area contributed by atoms with Gasteiger partial charge in [0.05, 0.1) is 7.11 Å². The minimum atomic E-state index is 0.358. The monoisotopic (exact) mass is 254 g/mol. The van der Waals surface area contributed by atoms with E-state index in [9.17, 15) is 0 Å². The smallest absolute Gasteiger partial charge is 0.127 e. The van der Waals surface area contributed by atoms with Crippen LogP contribution >= 0.6 is 0 Å². The number of aryl methyl sites for hydroxylation is 1. The van der Waals surface area contributed by atoms with Crippen molar-refractivity contribution in [2.45, 2.75) is 26.8 Å². The minimum Gasteiger partial charge on any atom is -0.496 e. The highest BCUT2D eigenvalue weighted by Crippen LogP contribution is 2.34. The van der Waals surface area contributed by atoms with Gasteiger partial charge in [0, 0.05) is 27.9 Å². The lowest BCUT2D eigenvalue weighted by atomic mass is 10.1. The zero-order chi connectivity index (χ0) is 13.6. The molecule has 0 fully saturated rings. The summed E-state index contributed by atoms with van der Waals surface area (Å²) >= 11 is 0. The maximum absolute atomic E-state index is 5.52. The van der Waals surface area contributed by atoms with E-state index >= 15 is 0 Å². The van der Waals surface area contributed by atoms with Gasteiger partial charge >= 0.3 is 0 Å². The summed E-state index contributed by atoms with van der Waals surface area (Å²) in [5, 5.41) is 8.22. The zero-order valence-corrected chi connectivity index (χ0v) is 11.8. The number of methoxy groups -OCH3 is 1. The van der Waals surface area contributed by atoms with Crippen LogP contribution in [0.1, 0.15) is 25.6 Å². The number of nitrogens with zero attached hydrogens (tertiary/aromatic N) is 2. The number of benzene rings is 2. The maximum atomic E-state index is 5.52. The summed E-state index contributed by atoms with van der Waals surface area (Å²) in [6, 6.07) is 10.7. The van der Waals surface area contributed by atoms with Crippen LogP contribution in [0.3, 0.4) is 0 Å². The fraction of sp³-hybridized carbons (Fsp3) is 0.312. The molecule has 19 heavy (non-hydrogen) atoms. The normalized spacial score (nSPS) is 11.6. The summed E-state index contributed by atoms with van der Waals surface area (Å²) in [4.78, 5) is 0. The van der Waals surface area contributed by atoms with E-state index in [1.54, 1.807) is 7.11 Å². The summed E-state index contributed by atoms with van der Waals surface area (Å²) in [7, 11) is 1.72. The first-order chi connectivity index (χ1) is 9.13. The molecule has 3 rings (SSSR count). The predicted octanol–water partition coefficient (Wildman–Crippen LogP) is 4.09. The molecule has 0 spiro atoms. The SMILES string of the molecule is COc1cc2c(C)n(C(C)C)nc2c2ccccc12. The van der Waals surface area contributed by atoms with Gasteiger partial charge in [0.25, 0.3) is 0 Å². The Hall–Kier alpha value is -2.03. The molecule has 0 amide bonds. The standard InChI is InChI=1S/C16H18N2O/c1-10(2)18-11(3)14-9-15(19-4)12-7-5-6-8-13(12)16(14)17-18/h5-10H,1-4H3. The van der Waals surface area contributed by atoms with E-state index in [2.05, 4.69) is 43.7 Å². The van der Waals surface area contributed by atoms with Crippen LogP contribution in [0.4, 0.5) is 0 Å². The van der Waals surface area contributed by atoms with Gasteiger partial charge in [-0.15, -0.1) is 0 Å². The number of ether oxygens (including phenoxy) is 1. The molecule has 0 aliphatic carbocycles. The van der Waals surface area contributed by atoms with Crippen molar-refractivity contribution in [1.82, 2.24) is 9.78 Å². The van der Waals surface area contributed by atoms with Crippen molar-refractivity contribution in [3.8, 4) is 5.75 Å². The zero-order valence-electron chi connectivity index (χ0n) is 11.8. The van der Waals surface area contributed by atoms with Gasteiger partial charge in [-0.25, -0.2) is 0 Å². The van der Waals surface area contributed by atoms with Crippen molar-refractivity contribution in [2.75, 3.05) is 7.11 Å². The van der Waals surface area contributed by atoms with Crippen LogP contribution in [0, 0.1) is 6.92 Å². The molecule has 0 saturated carbocycles. The molecular formula is C16H18N2O. The average molecular weight is 254 g/mol. The summed E-state index contributed by atoms with van der Waals surface area (Å²) in [5.41, 5.74) is 2.25. The molecule has 98 valence electrons. The Balaban J connectivity index is 2.50. The van der Waals surface area contributed by atoms with Gasteiger partial charge in [0.1, 0.15) is 11.3 Å². The fourth-order valence-electron chi connectivity index (χ4n) is 2.69. The van der Waals surface area contributed by atoms with E-state index in [0.717, 1.165) is 22.0 Å². The molecule has 1 heterocycles. The van der Waals surface area contributed by atoms with E-state index < -0.39 is 0 Å². The first-order valence-corrected chi connectivity index (χ1v) is 6.58. The lowest BCUT2D eigenvalue weighted by Gasteiger charge is -2.07. The molecule has 3 aromatic rings. The van der Waals surface area contributed by atoms with Crippen molar-refractivity contribution >= 4 is 21.7 Å². The minimum absolute atomic E-state index is 0.358. The van der Waals surface area contributed by atoms with Gasteiger partial charge in [0.2, 0.25) is 0 Å². The molecular weight excluding hydrogens is 236 g/mol. The van der Waals surface area contributed by atoms with Gasteiger partial charge in [-0.1, -0.05) is 24.3 Å². The second-order valence-electron chi connectivity index (χ2n) is 5.14. The lowest BCUT2D eigenvalue weighted by Crippen LogP contribution is -2.04. The highest BCUT2D eigenvalue weighted by atomic mass is 16.5. The molecule has 1 aromatic heterocycles. The molecule has 0 radical (unpaired) electrons. The van der Waals surface area contributed by atoms with Gasteiger partial charge in [-0.2, -0.15) is 5.10 Å². The molecule has 0 aliphatic rings. The van der Waals surface area contributed by atoms with Gasteiger partial charge in [-0.05, 0) is 26.8 Å². The van der Waals surface area contributed by atoms with Crippen molar-refractivity contribution in [3.63, 3.8) is 0 Å². The van der Waals surface area contributed by atoms with Crippen LogP contribution < -0.4 is 4.74 Å². The van der Waals surface area contributed by atoms with E-state index in [1.165, 1.54) is 11.1 Å². The van der Waals surface area contributed by atoms with Crippen LogP contribution in [-0.2, 0) is 0 Å². The van der Waals surface area contributed by atoms with E-state index in [1.807, 2.05) is 12.1 Å². The molecule has 2 aromatic carbocycles. The number of aromatic nitrogens is 2. The van der Waals surface area contributed by atoms with Gasteiger partial charge in [0.15, 0.2) is 0 Å². The van der Waals surface area contributed by atoms with Crippen LogP contribution in [0.5, 0.6) is 5.75 Å². The third-order valence-corrected chi connectivity index (χ3v) is 3.63. The van der Waals surface area contributed by atoms with E-state index in [-0.39, 0.29) is 0 Å². The number of rotatable bonds is 2. The van der Waals surface area contributed by atoms with Crippen molar-refractivity contribution < 1.29 is 4.74 Å². The van der Waals surface area contributed by atoms with Crippen molar-refractivity contribution in [3.05, 3.63) is 36.0 Å². The summed E-state index contributed by atoms with van der Waals surface area (Å²) in [5.74, 6) is 0.912. The second kappa shape index (κ2) is 4.26. The van der Waals surface area contributed by atoms with E-state index in [0.29, 0.717) is 6.04 Å². The Bertz CT molecular complexity index is 756. The Morgan fingerprint density at radius 3 is 2.42 bits per heavy atom. The number of fused-ring (bicyclic) bond motifs is 3. The summed E-state index contributed by atoms with van der Waals surface area (Å²) in [6.45, 7) is 6.42. The van der Waals surface area contributed by atoms with E-state index in [4.69, 9.17) is 9.84 Å². The van der Waals surface area contributed by atoms with Crippen LogP contribution in [0.15, 0.2) is 30.3 Å². The summed E-state index contributed by atoms with van der Waals surface area (Å²) in [6.07, 6.45) is 0. The lowest BCUT2D eigenvalue weighted by molar-refractivity contribution is 0.420. The summed E-state index contributed by atoms with van der Waals surface area (Å²) < 4.78 is 7.60. The topological polar surface area (TPSA) is 27.1 Å². The molecule has 0 atom stereocenters. The maximum Gasteiger partial charge on any atom is 0.127 e. The highest BCUT2D eigenvalue weighted by Gasteiger charge is 2.14. The van der Waals surface area contributed by atoms with Crippen LogP contribution in [0.25, 0.3) is 21.7 Å². The third-order valence-electron chi connectivity index (χ3n) is 3.63. The third kappa shape index (κ3) is 1.69. The highest BCUT2D eigenvalue weighted by molar-refractivity contribution is 6.09. The van der Waals surface area contributed by atoms with Gasteiger partial charge in [-0.3, -0.25) is 4.68 Å². The second-order valence-corrected chi connectivity index (χ2v) is 5.14. The molecule has 0 unspecified atom stereocenters. The van der Waals surface area contributed by atoms with Crippen molar-refractivity contribution in [1.29, 1.82) is 0 Å². The number of hydrogen-bond donors (Lipinski definition) is 0. The molecule has 0 N–H and O–H groups in total. The Morgan fingerprint density at radius 2 is 1.79 bits per heavy atom. The Labute approximate surface area is 112 Å². The quantitative estimate of drug-likeness (QED) is 0.688. The number of hydrogen-bond acceptors (Lipinski definition) is 2. The van der Waals surface area contributed by atoms with Gasteiger partial charge < -0.3 is 4.74 Å².